The molecule has 0 fully saturated rings. The standard InChI is InChI=1S/C15H17ClN2O3/c1-9-6-12(10(2)21-9)15(3,20)8-18-14(19)11-4-5-13(16)17-7-11/h4-7,20H,8H2,1-3H3,(H,18,19). The molecule has 2 rings (SSSR count). The van der Waals surface area contributed by atoms with Crippen LogP contribution in [0.25, 0.3) is 0 Å². The number of hydrogen-bond donors (Lipinski definition) is 2. The zero-order valence-electron chi connectivity index (χ0n) is 12.1. The summed E-state index contributed by atoms with van der Waals surface area (Å²) >= 11 is 5.67. The second-order valence-corrected chi connectivity index (χ2v) is 5.54. The van der Waals surface area contributed by atoms with Crippen molar-refractivity contribution in [1.82, 2.24) is 10.3 Å². The van der Waals surface area contributed by atoms with Crippen molar-refractivity contribution in [3.63, 3.8) is 0 Å². The fourth-order valence-corrected chi connectivity index (χ4v) is 2.24. The van der Waals surface area contributed by atoms with E-state index in [0.717, 1.165) is 5.76 Å². The molecule has 0 saturated carbocycles. The van der Waals surface area contributed by atoms with Gasteiger partial charge < -0.3 is 14.8 Å². The van der Waals surface area contributed by atoms with Crippen LogP contribution in [0.2, 0.25) is 5.15 Å². The molecule has 0 aliphatic heterocycles. The molecule has 2 N–H and O–H groups in total. The summed E-state index contributed by atoms with van der Waals surface area (Å²) in [7, 11) is 0. The number of aromatic nitrogens is 1. The van der Waals surface area contributed by atoms with E-state index < -0.39 is 5.60 Å². The Balaban J connectivity index is 2.06. The minimum absolute atomic E-state index is 0.0638. The lowest BCUT2D eigenvalue weighted by Crippen LogP contribution is -2.38. The van der Waals surface area contributed by atoms with Gasteiger partial charge in [0.1, 0.15) is 22.3 Å². The highest BCUT2D eigenvalue weighted by Crippen LogP contribution is 2.26. The topological polar surface area (TPSA) is 75.4 Å². The molecule has 0 aromatic carbocycles. The highest BCUT2D eigenvalue weighted by Gasteiger charge is 2.28. The number of nitrogens with zero attached hydrogens (tertiary/aromatic N) is 1. The molecular weight excluding hydrogens is 292 g/mol. The summed E-state index contributed by atoms with van der Waals surface area (Å²) < 4.78 is 5.41. The molecule has 112 valence electrons. The van der Waals surface area contributed by atoms with E-state index in [4.69, 9.17) is 16.0 Å². The number of furan rings is 1. The van der Waals surface area contributed by atoms with Crippen molar-refractivity contribution in [2.24, 2.45) is 0 Å². The second kappa shape index (κ2) is 5.87. The molecule has 0 radical (unpaired) electrons. The summed E-state index contributed by atoms with van der Waals surface area (Å²) in [5.74, 6) is 1.04. The van der Waals surface area contributed by atoms with Crippen molar-refractivity contribution in [3.05, 3.63) is 52.2 Å². The molecule has 0 spiro atoms. The summed E-state index contributed by atoms with van der Waals surface area (Å²) in [4.78, 5) is 15.8. The first kappa shape index (κ1) is 15.5. The number of hydrogen-bond acceptors (Lipinski definition) is 4. The number of aliphatic hydroxyl groups is 1. The molecule has 0 saturated heterocycles. The van der Waals surface area contributed by atoms with Crippen LogP contribution in [-0.4, -0.2) is 22.5 Å². The van der Waals surface area contributed by atoms with Gasteiger partial charge in [-0.25, -0.2) is 4.98 Å². The van der Waals surface area contributed by atoms with Crippen LogP contribution in [0.5, 0.6) is 0 Å². The summed E-state index contributed by atoms with van der Waals surface area (Å²) in [5, 5.41) is 13.5. The van der Waals surface area contributed by atoms with Gasteiger partial charge >= 0.3 is 0 Å². The molecule has 1 atom stereocenters. The lowest BCUT2D eigenvalue weighted by Gasteiger charge is -2.23. The smallest absolute Gasteiger partial charge is 0.252 e. The van der Waals surface area contributed by atoms with Crippen molar-refractivity contribution in [1.29, 1.82) is 0 Å². The number of nitrogens with one attached hydrogen (secondary N) is 1. The van der Waals surface area contributed by atoms with Crippen LogP contribution in [0.15, 0.2) is 28.8 Å². The highest BCUT2D eigenvalue weighted by atomic mass is 35.5. The Morgan fingerprint density at radius 2 is 2.19 bits per heavy atom. The fourth-order valence-electron chi connectivity index (χ4n) is 2.13. The van der Waals surface area contributed by atoms with E-state index in [2.05, 4.69) is 10.3 Å². The molecule has 5 nitrogen and oxygen atoms in total. The van der Waals surface area contributed by atoms with E-state index in [1.807, 2.05) is 6.92 Å². The van der Waals surface area contributed by atoms with Crippen molar-refractivity contribution in [3.8, 4) is 0 Å². The molecule has 1 unspecified atom stereocenters. The summed E-state index contributed by atoms with van der Waals surface area (Å²) in [6.07, 6.45) is 1.39. The first-order chi connectivity index (χ1) is 9.79. The molecule has 0 aliphatic rings. The summed E-state index contributed by atoms with van der Waals surface area (Å²) in [6.45, 7) is 5.28. The van der Waals surface area contributed by atoms with Crippen LogP contribution in [0.3, 0.4) is 0 Å². The molecule has 1 amide bonds. The number of halogens is 1. The maximum absolute atomic E-state index is 12.0. The largest absolute Gasteiger partial charge is 0.466 e. The van der Waals surface area contributed by atoms with E-state index >= 15 is 0 Å². The SMILES string of the molecule is Cc1cc(C(C)(O)CNC(=O)c2ccc(Cl)nc2)c(C)o1. The molecular formula is C15H17ClN2O3. The monoisotopic (exact) mass is 308 g/mol. The van der Waals surface area contributed by atoms with Crippen molar-refractivity contribution < 1.29 is 14.3 Å². The summed E-state index contributed by atoms with van der Waals surface area (Å²) in [6, 6.07) is 4.89. The third kappa shape index (κ3) is 3.62. The number of carbonyl (C=O) groups excluding carboxylic acids is 1. The van der Waals surface area contributed by atoms with Gasteiger partial charge in [-0.15, -0.1) is 0 Å². The minimum Gasteiger partial charge on any atom is -0.466 e. The Morgan fingerprint density at radius 3 is 2.71 bits per heavy atom. The van der Waals surface area contributed by atoms with Crippen molar-refractivity contribution in [2.45, 2.75) is 26.4 Å². The van der Waals surface area contributed by atoms with Crippen molar-refractivity contribution >= 4 is 17.5 Å². The number of rotatable bonds is 4. The van der Waals surface area contributed by atoms with Crippen LogP contribution >= 0.6 is 11.6 Å². The van der Waals surface area contributed by atoms with Crippen LogP contribution in [-0.2, 0) is 5.60 Å². The zero-order chi connectivity index (χ0) is 15.6. The number of carbonyl (C=O) groups is 1. The van der Waals surface area contributed by atoms with Crippen LogP contribution < -0.4 is 5.32 Å². The second-order valence-electron chi connectivity index (χ2n) is 5.15. The Bertz CT molecular complexity index is 647. The predicted molar refractivity (Wildman–Crippen MR) is 79.3 cm³/mol. The van der Waals surface area contributed by atoms with Crippen LogP contribution in [0.1, 0.15) is 34.4 Å². The Hall–Kier alpha value is -1.85. The van der Waals surface area contributed by atoms with E-state index in [9.17, 15) is 9.90 Å². The van der Waals surface area contributed by atoms with Gasteiger partial charge in [0.05, 0.1) is 12.1 Å². The Kier molecular flexibility index (Phi) is 4.34. The third-order valence-corrected chi connectivity index (χ3v) is 3.43. The number of aryl methyl sites for hydroxylation is 2. The third-order valence-electron chi connectivity index (χ3n) is 3.20. The van der Waals surface area contributed by atoms with E-state index in [1.165, 1.54) is 12.3 Å². The van der Waals surface area contributed by atoms with E-state index in [-0.39, 0.29) is 12.5 Å². The Morgan fingerprint density at radius 1 is 1.48 bits per heavy atom. The lowest BCUT2D eigenvalue weighted by atomic mass is 9.96. The molecule has 0 bridgehead atoms. The van der Waals surface area contributed by atoms with Crippen LogP contribution in [0, 0.1) is 13.8 Å². The lowest BCUT2D eigenvalue weighted by molar-refractivity contribution is 0.0514. The van der Waals surface area contributed by atoms with Gasteiger partial charge in [-0.1, -0.05) is 11.6 Å². The van der Waals surface area contributed by atoms with Gasteiger partial charge in [-0.2, -0.15) is 0 Å². The molecule has 2 heterocycles. The van der Waals surface area contributed by atoms with Gasteiger partial charge in [-0.05, 0) is 39.0 Å². The molecule has 6 heteroatoms. The normalized spacial score (nSPS) is 13.8. The summed E-state index contributed by atoms with van der Waals surface area (Å²) in [5.41, 5.74) is -0.165. The van der Waals surface area contributed by atoms with Gasteiger partial charge in [0, 0.05) is 11.8 Å². The molecule has 0 aliphatic carbocycles. The Labute approximate surface area is 128 Å². The fraction of sp³-hybridized carbons (Fsp3) is 0.333. The number of pyridine rings is 1. The molecule has 21 heavy (non-hydrogen) atoms. The quantitative estimate of drug-likeness (QED) is 0.851. The average Bonchev–Trinajstić information content (AvgIpc) is 2.77. The maximum atomic E-state index is 12.0. The number of amides is 1. The average molecular weight is 309 g/mol. The minimum atomic E-state index is -1.21. The predicted octanol–water partition coefficient (Wildman–Crippen LogP) is 2.58. The maximum Gasteiger partial charge on any atom is 0.252 e. The molecule has 2 aromatic rings. The van der Waals surface area contributed by atoms with Gasteiger partial charge in [0.25, 0.3) is 5.91 Å². The molecule has 2 aromatic heterocycles. The first-order valence-corrected chi connectivity index (χ1v) is 6.87. The van der Waals surface area contributed by atoms with E-state index in [1.54, 1.807) is 26.0 Å². The van der Waals surface area contributed by atoms with E-state index in [0.29, 0.717) is 22.0 Å². The van der Waals surface area contributed by atoms with Gasteiger partial charge in [0.2, 0.25) is 0 Å². The van der Waals surface area contributed by atoms with Crippen molar-refractivity contribution in [2.75, 3.05) is 6.54 Å². The zero-order valence-corrected chi connectivity index (χ0v) is 12.9. The highest BCUT2D eigenvalue weighted by molar-refractivity contribution is 6.29. The first-order valence-electron chi connectivity index (χ1n) is 6.49. The van der Waals surface area contributed by atoms with Gasteiger partial charge in [0.15, 0.2) is 0 Å². The van der Waals surface area contributed by atoms with Crippen LogP contribution in [0.4, 0.5) is 0 Å². The van der Waals surface area contributed by atoms with Gasteiger partial charge in [-0.3, -0.25) is 4.79 Å².